The van der Waals surface area contributed by atoms with Crippen molar-refractivity contribution >= 4 is 5.97 Å². The van der Waals surface area contributed by atoms with Gasteiger partial charge in [-0.25, -0.2) is 4.98 Å². The molecule has 28 heavy (non-hydrogen) atoms. The molecule has 0 spiro atoms. The first kappa shape index (κ1) is 19.9. The maximum absolute atomic E-state index is 10.5. The van der Waals surface area contributed by atoms with Gasteiger partial charge in [0.15, 0.2) is 0 Å². The number of hydrogen-bond donors (Lipinski definition) is 1. The molecule has 5 nitrogen and oxygen atoms in total. The van der Waals surface area contributed by atoms with Crippen LogP contribution in [0.4, 0.5) is 0 Å². The topological polar surface area (TPSA) is 72.3 Å². The van der Waals surface area contributed by atoms with E-state index in [0.717, 1.165) is 48.4 Å². The first-order chi connectivity index (χ1) is 13.3. The van der Waals surface area contributed by atoms with E-state index in [1.807, 2.05) is 6.92 Å². The third-order valence-corrected chi connectivity index (χ3v) is 5.14. The molecule has 1 N–H and O–H groups in total. The summed E-state index contributed by atoms with van der Waals surface area (Å²) >= 11 is 0. The number of hydrogen-bond acceptors (Lipinski definition) is 4. The van der Waals surface area contributed by atoms with Crippen LogP contribution < -0.4 is 4.74 Å². The van der Waals surface area contributed by atoms with Crippen LogP contribution in [0.3, 0.4) is 0 Å². The fourth-order valence-electron chi connectivity index (χ4n) is 3.28. The van der Waals surface area contributed by atoms with E-state index < -0.39 is 5.97 Å². The lowest BCUT2D eigenvalue weighted by Crippen LogP contribution is -2.26. The monoisotopic (exact) mass is 378 g/mol. The Balaban J connectivity index is 1.71. The van der Waals surface area contributed by atoms with E-state index >= 15 is 0 Å². The van der Waals surface area contributed by atoms with Crippen LogP contribution in [0.1, 0.15) is 67.6 Å². The number of unbranched alkanes of at least 4 members (excludes halogenated alkanes) is 1. The predicted molar refractivity (Wildman–Crippen MR) is 108 cm³/mol. The first-order valence-corrected chi connectivity index (χ1v) is 9.68. The summed E-state index contributed by atoms with van der Waals surface area (Å²) in [6, 6.07) is 4.22. The minimum atomic E-state index is -0.760. The largest absolute Gasteiger partial charge is 0.493 e. The van der Waals surface area contributed by atoms with Gasteiger partial charge in [0.2, 0.25) is 0 Å². The number of aliphatic carboxylic acids is 1. The molecule has 1 aliphatic rings. The van der Waals surface area contributed by atoms with Gasteiger partial charge in [-0.3, -0.25) is 9.78 Å². The Hall–Kier alpha value is -2.87. The molecule has 1 aromatic carbocycles. The van der Waals surface area contributed by atoms with Crippen molar-refractivity contribution in [2.24, 2.45) is 0 Å². The average molecular weight is 378 g/mol. The highest BCUT2D eigenvalue weighted by Gasteiger charge is 2.29. The summed E-state index contributed by atoms with van der Waals surface area (Å²) in [5.41, 5.74) is 4.85. The number of carboxylic acids is 1. The molecule has 0 atom stereocenters. The summed E-state index contributed by atoms with van der Waals surface area (Å²) < 4.78 is 5.82. The van der Waals surface area contributed by atoms with Gasteiger partial charge in [-0.15, -0.1) is 0 Å². The first-order valence-electron chi connectivity index (χ1n) is 9.68. The number of aromatic nitrogens is 2. The van der Waals surface area contributed by atoms with Crippen molar-refractivity contribution in [2.45, 2.75) is 58.3 Å². The molecule has 0 bridgehead atoms. The third kappa shape index (κ3) is 4.89. The van der Waals surface area contributed by atoms with Crippen molar-refractivity contribution in [3.8, 4) is 17.6 Å². The number of nitrogens with zero attached hydrogens (tertiary/aromatic N) is 2. The van der Waals surface area contributed by atoms with E-state index in [0.29, 0.717) is 12.1 Å². The van der Waals surface area contributed by atoms with Crippen molar-refractivity contribution < 1.29 is 14.6 Å². The van der Waals surface area contributed by atoms with E-state index in [9.17, 15) is 4.79 Å². The van der Waals surface area contributed by atoms with E-state index in [4.69, 9.17) is 9.84 Å². The van der Waals surface area contributed by atoms with E-state index in [1.165, 1.54) is 5.56 Å². The molecule has 0 radical (unpaired) electrons. The zero-order valence-electron chi connectivity index (χ0n) is 16.7. The Kier molecular flexibility index (Phi) is 5.99. The van der Waals surface area contributed by atoms with Crippen LogP contribution in [-0.4, -0.2) is 27.7 Å². The molecule has 0 fully saturated rings. The molecule has 0 saturated heterocycles. The number of ether oxygens (including phenoxy) is 1. The lowest BCUT2D eigenvalue weighted by atomic mass is 9.78. The van der Waals surface area contributed by atoms with Gasteiger partial charge in [-0.2, -0.15) is 0 Å². The van der Waals surface area contributed by atoms with Crippen LogP contribution in [0.5, 0.6) is 5.75 Å². The smallest absolute Gasteiger partial charge is 0.303 e. The van der Waals surface area contributed by atoms with Gasteiger partial charge in [0, 0.05) is 23.7 Å². The number of carbonyl (C=O) groups is 1. The summed E-state index contributed by atoms with van der Waals surface area (Å²) in [5.74, 6) is 6.54. The number of aryl methyl sites for hydroxylation is 2. The maximum Gasteiger partial charge on any atom is 0.303 e. The highest BCUT2D eigenvalue weighted by atomic mass is 16.5. The second-order valence-corrected chi connectivity index (χ2v) is 7.89. The fourth-order valence-corrected chi connectivity index (χ4v) is 3.28. The van der Waals surface area contributed by atoms with E-state index in [-0.39, 0.29) is 11.8 Å². The second-order valence-electron chi connectivity index (χ2n) is 7.89. The molecule has 1 aliphatic heterocycles. The van der Waals surface area contributed by atoms with Crippen molar-refractivity contribution in [2.75, 3.05) is 6.61 Å². The van der Waals surface area contributed by atoms with Gasteiger partial charge in [0.1, 0.15) is 11.4 Å². The molecule has 1 aromatic heterocycles. The van der Waals surface area contributed by atoms with Gasteiger partial charge >= 0.3 is 5.97 Å². The van der Waals surface area contributed by atoms with Gasteiger partial charge in [0.05, 0.1) is 18.5 Å². The molecule has 2 aromatic rings. The molecule has 5 heteroatoms. The number of rotatable bonds is 5. The van der Waals surface area contributed by atoms with Gasteiger partial charge in [-0.1, -0.05) is 19.8 Å². The summed E-state index contributed by atoms with van der Waals surface area (Å²) in [4.78, 5) is 19.3. The summed E-state index contributed by atoms with van der Waals surface area (Å²) in [7, 11) is 0. The van der Waals surface area contributed by atoms with E-state index in [1.54, 1.807) is 12.4 Å². The summed E-state index contributed by atoms with van der Waals surface area (Å²) in [5, 5.41) is 8.66. The molecule has 3 rings (SSSR count). The summed E-state index contributed by atoms with van der Waals surface area (Å²) in [6.45, 7) is 7.27. The Labute approximate surface area is 166 Å². The third-order valence-electron chi connectivity index (χ3n) is 5.14. The van der Waals surface area contributed by atoms with Crippen LogP contribution >= 0.6 is 0 Å². The number of fused-ring (bicyclic) bond motifs is 1. The number of carboxylic acid groups (broad SMARTS) is 1. The van der Waals surface area contributed by atoms with Gasteiger partial charge < -0.3 is 9.84 Å². The SMILES string of the molecule is Cc1cc2c(cc1C#Cc1cnc(CCCCC(=O)O)cn1)C(C)(C)CCO2. The Morgan fingerprint density at radius 1 is 1.21 bits per heavy atom. The maximum atomic E-state index is 10.5. The van der Waals surface area contributed by atoms with Crippen LogP contribution in [-0.2, 0) is 16.6 Å². The lowest BCUT2D eigenvalue weighted by Gasteiger charge is -2.33. The van der Waals surface area contributed by atoms with Crippen LogP contribution in [0, 0.1) is 18.8 Å². The standard InChI is InChI=1S/C23H26N2O3/c1-16-12-21-20(23(2,3)10-11-28-21)13-17(16)8-9-19-15-24-18(14-25-19)6-4-5-7-22(26)27/h12-15H,4-7,10-11H2,1-3H3,(H,26,27). The molecular weight excluding hydrogens is 352 g/mol. The van der Waals surface area contributed by atoms with Gasteiger partial charge in [0.25, 0.3) is 0 Å². The minimum Gasteiger partial charge on any atom is -0.493 e. The summed E-state index contributed by atoms with van der Waals surface area (Å²) in [6.07, 6.45) is 6.76. The molecule has 0 aliphatic carbocycles. The highest BCUT2D eigenvalue weighted by Crippen LogP contribution is 2.39. The van der Waals surface area contributed by atoms with E-state index in [2.05, 4.69) is 47.8 Å². The van der Waals surface area contributed by atoms with Crippen LogP contribution in [0.15, 0.2) is 24.5 Å². The van der Waals surface area contributed by atoms with Crippen molar-refractivity contribution in [3.05, 3.63) is 52.6 Å². The lowest BCUT2D eigenvalue weighted by molar-refractivity contribution is -0.137. The van der Waals surface area contributed by atoms with Crippen LogP contribution in [0.2, 0.25) is 0 Å². The number of benzene rings is 1. The van der Waals surface area contributed by atoms with Crippen molar-refractivity contribution in [1.29, 1.82) is 0 Å². The zero-order valence-corrected chi connectivity index (χ0v) is 16.7. The second kappa shape index (κ2) is 8.43. The molecule has 0 amide bonds. The Morgan fingerprint density at radius 3 is 2.75 bits per heavy atom. The Bertz CT molecular complexity index is 921. The van der Waals surface area contributed by atoms with Gasteiger partial charge in [-0.05, 0) is 61.6 Å². The highest BCUT2D eigenvalue weighted by molar-refractivity contribution is 5.66. The fraction of sp³-hybridized carbons (Fsp3) is 0.435. The Morgan fingerprint density at radius 2 is 2.04 bits per heavy atom. The molecule has 2 heterocycles. The molecule has 0 unspecified atom stereocenters. The molecule has 0 saturated carbocycles. The minimum absolute atomic E-state index is 0.0831. The predicted octanol–water partition coefficient (Wildman–Crippen LogP) is 4.04. The van der Waals surface area contributed by atoms with Crippen LogP contribution in [0.25, 0.3) is 0 Å². The van der Waals surface area contributed by atoms with Crippen molar-refractivity contribution in [3.63, 3.8) is 0 Å². The quantitative estimate of drug-likeness (QED) is 0.628. The normalized spacial score (nSPS) is 14.4. The molecular formula is C23H26N2O3. The zero-order chi connectivity index (χ0) is 20.1. The van der Waals surface area contributed by atoms with Crippen molar-refractivity contribution in [1.82, 2.24) is 9.97 Å². The average Bonchev–Trinajstić information content (AvgIpc) is 2.64. The molecule has 146 valence electrons.